The lowest BCUT2D eigenvalue weighted by atomic mass is 10.2. The van der Waals surface area contributed by atoms with E-state index >= 15 is 0 Å². The Bertz CT molecular complexity index is 424. The van der Waals surface area contributed by atoms with Gasteiger partial charge in [-0.05, 0) is 31.8 Å². The molecule has 0 unspecified atom stereocenters. The molecular weight excluding hydrogens is 264 g/mol. The highest BCUT2D eigenvalue weighted by Crippen LogP contribution is 2.37. The Morgan fingerprint density at radius 2 is 2.05 bits per heavy atom. The van der Waals surface area contributed by atoms with Crippen molar-refractivity contribution in [1.82, 2.24) is 10.2 Å². The van der Waals surface area contributed by atoms with Crippen molar-refractivity contribution in [3.05, 3.63) is 22.7 Å². The number of rotatable bonds is 5. The van der Waals surface area contributed by atoms with Crippen LogP contribution in [-0.2, 0) is 6.54 Å². The first-order valence-corrected chi connectivity index (χ1v) is 6.98. The molecule has 1 aromatic carbocycles. The number of benzene rings is 1. The maximum absolute atomic E-state index is 6.24. The number of likely N-dealkylation sites (N-methyl/N-ethyl adjacent to an activating group) is 1. The quantitative estimate of drug-likeness (QED) is 0.840. The Hall–Kier alpha value is -0.970. The molecule has 0 fully saturated rings. The van der Waals surface area contributed by atoms with E-state index in [1.54, 1.807) is 0 Å². The maximum Gasteiger partial charge on any atom is 0.179 e. The average Bonchev–Trinajstić information content (AvgIpc) is 2.60. The molecule has 0 bridgehead atoms. The van der Waals surface area contributed by atoms with Crippen molar-refractivity contribution >= 4 is 11.6 Å². The number of fused-ring (bicyclic) bond motifs is 1. The summed E-state index contributed by atoms with van der Waals surface area (Å²) in [6, 6.07) is 3.95. The Balaban J connectivity index is 1.98. The van der Waals surface area contributed by atoms with Gasteiger partial charge < -0.3 is 19.7 Å². The van der Waals surface area contributed by atoms with Crippen LogP contribution in [-0.4, -0.2) is 45.3 Å². The Morgan fingerprint density at radius 1 is 1.26 bits per heavy atom. The highest BCUT2D eigenvalue weighted by Gasteiger charge is 2.15. The van der Waals surface area contributed by atoms with Crippen LogP contribution in [0.15, 0.2) is 12.1 Å². The van der Waals surface area contributed by atoms with Crippen LogP contribution in [0.1, 0.15) is 12.0 Å². The fourth-order valence-corrected chi connectivity index (χ4v) is 2.21. The van der Waals surface area contributed by atoms with Crippen molar-refractivity contribution in [1.29, 1.82) is 0 Å². The van der Waals surface area contributed by atoms with Crippen molar-refractivity contribution in [3.63, 3.8) is 0 Å². The van der Waals surface area contributed by atoms with Gasteiger partial charge in [0.25, 0.3) is 0 Å². The predicted octanol–water partition coefficient (Wildman–Crippen LogP) is 2.15. The average molecular weight is 285 g/mol. The first-order valence-electron chi connectivity index (χ1n) is 6.60. The molecule has 0 atom stereocenters. The summed E-state index contributed by atoms with van der Waals surface area (Å²) in [6.07, 6.45) is 0.890. The lowest BCUT2D eigenvalue weighted by molar-refractivity contribution is 0.297. The number of hydrogen-bond acceptors (Lipinski definition) is 4. The molecule has 1 heterocycles. The molecule has 4 nitrogen and oxygen atoms in total. The summed E-state index contributed by atoms with van der Waals surface area (Å²) in [5.41, 5.74) is 1.12. The zero-order chi connectivity index (χ0) is 13.7. The second-order valence-electron chi connectivity index (χ2n) is 4.94. The van der Waals surface area contributed by atoms with Crippen LogP contribution in [0, 0.1) is 0 Å². The third kappa shape index (κ3) is 4.27. The van der Waals surface area contributed by atoms with Gasteiger partial charge in [0.05, 0.1) is 18.2 Å². The normalized spacial score (nSPS) is 14.5. The highest BCUT2D eigenvalue weighted by molar-refractivity contribution is 6.32. The number of nitrogens with one attached hydrogen (secondary N) is 1. The van der Waals surface area contributed by atoms with Gasteiger partial charge in [-0.3, -0.25) is 0 Å². The third-order valence-electron chi connectivity index (χ3n) is 2.93. The summed E-state index contributed by atoms with van der Waals surface area (Å²) < 4.78 is 11.3. The van der Waals surface area contributed by atoms with E-state index in [1.807, 2.05) is 12.1 Å². The standard InChI is InChI=1S/C14H21ClN2O2/c1-17(2)5-4-16-10-11-8-12(15)14-13(9-11)18-6-3-7-19-14/h8-9,16H,3-7,10H2,1-2H3. The van der Waals surface area contributed by atoms with E-state index in [-0.39, 0.29) is 0 Å². The van der Waals surface area contributed by atoms with Crippen LogP contribution in [0.5, 0.6) is 11.5 Å². The topological polar surface area (TPSA) is 33.7 Å². The van der Waals surface area contributed by atoms with Gasteiger partial charge in [-0.2, -0.15) is 0 Å². The van der Waals surface area contributed by atoms with Gasteiger partial charge in [0, 0.05) is 26.1 Å². The summed E-state index contributed by atoms with van der Waals surface area (Å²) in [5.74, 6) is 1.44. The summed E-state index contributed by atoms with van der Waals surface area (Å²) in [6.45, 7) is 4.08. The van der Waals surface area contributed by atoms with Crippen LogP contribution >= 0.6 is 11.6 Å². The molecule has 0 saturated carbocycles. The van der Waals surface area contributed by atoms with Crippen molar-refractivity contribution < 1.29 is 9.47 Å². The van der Waals surface area contributed by atoms with Crippen LogP contribution < -0.4 is 14.8 Å². The van der Waals surface area contributed by atoms with Gasteiger partial charge >= 0.3 is 0 Å². The van der Waals surface area contributed by atoms with E-state index in [9.17, 15) is 0 Å². The highest BCUT2D eigenvalue weighted by atomic mass is 35.5. The summed E-state index contributed by atoms with van der Waals surface area (Å²) in [4.78, 5) is 2.15. The molecule has 0 radical (unpaired) electrons. The minimum absolute atomic E-state index is 0.629. The van der Waals surface area contributed by atoms with Crippen LogP contribution in [0.4, 0.5) is 0 Å². The van der Waals surface area contributed by atoms with Gasteiger partial charge in [0.1, 0.15) is 0 Å². The monoisotopic (exact) mass is 284 g/mol. The molecule has 0 aromatic heterocycles. The molecule has 1 aliphatic rings. The van der Waals surface area contributed by atoms with Crippen LogP contribution in [0.2, 0.25) is 5.02 Å². The second-order valence-corrected chi connectivity index (χ2v) is 5.34. The largest absolute Gasteiger partial charge is 0.489 e. The van der Waals surface area contributed by atoms with Gasteiger partial charge in [-0.15, -0.1) is 0 Å². The van der Waals surface area contributed by atoms with Gasteiger partial charge in [-0.1, -0.05) is 11.6 Å². The molecule has 0 saturated heterocycles. The molecule has 1 aliphatic heterocycles. The predicted molar refractivity (Wildman–Crippen MR) is 77.3 cm³/mol. The Morgan fingerprint density at radius 3 is 2.84 bits per heavy atom. The molecule has 0 spiro atoms. The smallest absolute Gasteiger partial charge is 0.179 e. The molecule has 19 heavy (non-hydrogen) atoms. The number of halogens is 1. The molecule has 5 heteroatoms. The fraction of sp³-hybridized carbons (Fsp3) is 0.571. The molecule has 1 aromatic rings. The van der Waals surface area contributed by atoms with E-state index in [4.69, 9.17) is 21.1 Å². The van der Waals surface area contributed by atoms with Crippen molar-refractivity contribution in [2.24, 2.45) is 0 Å². The molecular formula is C14H21ClN2O2. The van der Waals surface area contributed by atoms with Gasteiger partial charge in [-0.25, -0.2) is 0 Å². The van der Waals surface area contributed by atoms with Crippen LogP contribution in [0.25, 0.3) is 0 Å². The first kappa shape index (κ1) is 14.4. The lowest BCUT2D eigenvalue weighted by Gasteiger charge is -2.13. The number of nitrogens with zero attached hydrogens (tertiary/aromatic N) is 1. The van der Waals surface area contributed by atoms with E-state index in [0.29, 0.717) is 24.0 Å². The SMILES string of the molecule is CN(C)CCNCc1cc(Cl)c2c(c1)OCCCO2. The minimum atomic E-state index is 0.629. The maximum atomic E-state index is 6.24. The summed E-state index contributed by atoms with van der Waals surface area (Å²) >= 11 is 6.24. The minimum Gasteiger partial charge on any atom is -0.489 e. The number of hydrogen-bond donors (Lipinski definition) is 1. The van der Waals surface area contributed by atoms with E-state index in [1.165, 1.54) is 0 Å². The third-order valence-corrected chi connectivity index (χ3v) is 3.21. The lowest BCUT2D eigenvalue weighted by Crippen LogP contribution is -2.26. The first-order chi connectivity index (χ1) is 9.16. The fourth-order valence-electron chi connectivity index (χ4n) is 1.92. The Labute approximate surface area is 119 Å². The zero-order valence-corrected chi connectivity index (χ0v) is 12.3. The van der Waals surface area contributed by atoms with E-state index in [2.05, 4.69) is 24.3 Å². The van der Waals surface area contributed by atoms with Crippen LogP contribution in [0.3, 0.4) is 0 Å². The molecule has 0 amide bonds. The number of ether oxygens (including phenoxy) is 2. The molecule has 0 aliphatic carbocycles. The summed E-state index contributed by atoms with van der Waals surface area (Å²) in [5, 5.41) is 4.01. The zero-order valence-electron chi connectivity index (χ0n) is 11.5. The van der Waals surface area contributed by atoms with Crippen molar-refractivity contribution in [2.45, 2.75) is 13.0 Å². The Kier molecular flexibility index (Phi) is 5.31. The van der Waals surface area contributed by atoms with E-state index < -0.39 is 0 Å². The van der Waals surface area contributed by atoms with E-state index in [0.717, 1.165) is 37.4 Å². The van der Waals surface area contributed by atoms with Crippen molar-refractivity contribution in [3.8, 4) is 11.5 Å². The van der Waals surface area contributed by atoms with Gasteiger partial charge in [0.2, 0.25) is 0 Å². The van der Waals surface area contributed by atoms with Gasteiger partial charge in [0.15, 0.2) is 11.5 Å². The molecule has 106 valence electrons. The molecule has 1 N–H and O–H groups in total. The second kappa shape index (κ2) is 6.98. The molecule has 2 rings (SSSR count). The van der Waals surface area contributed by atoms with Crippen molar-refractivity contribution in [2.75, 3.05) is 40.4 Å². The summed E-state index contributed by atoms with van der Waals surface area (Å²) in [7, 11) is 4.12.